The lowest BCUT2D eigenvalue weighted by Crippen LogP contribution is -2.40. The van der Waals surface area contributed by atoms with Crippen LogP contribution in [-0.2, 0) is 11.3 Å². The van der Waals surface area contributed by atoms with Gasteiger partial charge < -0.3 is 9.73 Å². The van der Waals surface area contributed by atoms with Gasteiger partial charge in [-0.3, -0.25) is 24.3 Å². The van der Waals surface area contributed by atoms with Crippen molar-refractivity contribution in [3.63, 3.8) is 0 Å². The van der Waals surface area contributed by atoms with Crippen molar-refractivity contribution in [2.24, 2.45) is 0 Å². The first-order valence-electron chi connectivity index (χ1n) is 8.35. The van der Waals surface area contributed by atoms with Crippen molar-refractivity contribution < 1.29 is 18.8 Å². The summed E-state index contributed by atoms with van der Waals surface area (Å²) in [6, 6.07) is 13.7. The second-order valence-electron chi connectivity index (χ2n) is 6.01. The minimum atomic E-state index is -0.455. The molecule has 3 heterocycles. The molecule has 0 saturated heterocycles. The first-order chi connectivity index (χ1) is 13.1. The standard InChI is InChI=1S/C20H15N3O4/c24-17(12-23-19(25)14-6-1-2-7-15(14)20(23)26)22-11-13-5-3-9-21-18(13)16-8-4-10-27-16/h1-10H,11-12H2,(H,22,24). The van der Waals surface area contributed by atoms with Crippen molar-refractivity contribution in [2.75, 3.05) is 6.54 Å². The molecule has 2 aromatic heterocycles. The van der Waals surface area contributed by atoms with Crippen molar-refractivity contribution in [3.8, 4) is 11.5 Å². The summed E-state index contributed by atoms with van der Waals surface area (Å²) in [7, 11) is 0. The van der Waals surface area contributed by atoms with Gasteiger partial charge in [-0.1, -0.05) is 18.2 Å². The second kappa shape index (κ2) is 6.87. The quantitative estimate of drug-likeness (QED) is 0.704. The fraction of sp³-hybridized carbons (Fsp3) is 0.100. The van der Waals surface area contributed by atoms with E-state index in [1.165, 1.54) is 0 Å². The minimum Gasteiger partial charge on any atom is -0.463 e. The van der Waals surface area contributed by atoms with Gasteiger partial charge in [0.25, 0.3) is 11.8 Å². The van der Waals surface area contributed by atoms with Crippen molar-refractivity contribution in [1.82, 2.24) is 15.2 Å². The van der Waals surface area contributed by atoms with Gasteiger partial charge in [0, 0.05) is 18.3 Å². The van der Waals surface area contributed by atoms with E-state index in [2.05, 4.69) is 10.3 Å². The average Bonchev–Trinajstić information content (AvgIpc) is 3.31. The lowest BCUT2D eigenvalue weighted by atomic mass is 10.1. The van der Waals surface area contributed by atoms with Crippen LogP contribution in [0.15, 0.2) is 65.4 Å². The number of aromatic nitrogens is 1. The SMILES string of the molecule is O=C(CN1C(=O)c2ccccc2C1=O)NCc1cccnc1-c1ccco1. The summed E-state index contributed by atoms with van der Waals surface area (Å²) < 4.78 is 5.37. The molecular formula is C20H15N3O4. The van der Waals surface area contributed by atoms with Crippen LogP contribution in [0.25, 0.3) is 11.5 Å². The molecule has 4 rings (SSSR count). The Labute approximate surface area is 154 Å². The number of benzene rings is 1. The molecule has 0 radical (unpaired) electrons. The van der Waals surface area contributed by atoms with E-state index < -0.39 is 17.7 Å². The van der Waals surface area contributed by atoms with Gasteiger partial charge in [-0.05, 0) is 30.3 Å². The zero-order valence-electron chi connectivity index (χ0n) is 14.2. The number of hydrogen-bond donors (Lipinski definition) is 1. The van der Waals surface area contributed by atoms with Crippen LogP contribution in [0.5, 0.6) is 0 Å². The number of rotatable bonds is 5. The van der Waals surface area contributed by atoms with E-state index in [0.717, 1.165) is 10.5 Å². The maximum Gasteiger partial charge on any atom is 0.262 e. The van der Waals surface area contributed by atoms with Crippen molar-refractivity contribution in [1.29, 1.82) is 0 Å². The summed E-state index contributed by atoms with van der Waals surface area (Å²) in [5.41, 5.74) is 2.04. The lowest BCUT2D eigenvalue weighted by molar-refractivity contribution is -0.121. The Morgan fingerprint density at radius 3 is 2.41 bits per heavy atom. The van der Waals surface area contributed by atoms with Crippen LogP contribution < -0.4 is 5.32 Å². The molecule has 3 amide bonds. The number of hydrogen-bond acceptors (Lipinski definition) is 5. The molecule has 0 spiro atoms. The summed E-state index contributed by atoms with van der Waals surface area (Å²) in [5.74, 6) is -0.745. The van der Waals surface area contributed by atoms with E-state index in [1.807, 2.05) is 6.07 Å². The van der Waals surface area contributed by atoms with E-state index in [0.29, 0.717) is 22.6 Å². The highest BCUT2D eigenvalue weighted by Gasteiger charge is 2.36. The number of imide groups is 1. The second-order valence-corrected chi connectivity index (χ2v) is 6.01. The monoisotopic (exact) mass is 361 g/mol. The molecule has 1 aliphatic heterocycles. The summed E-state index contributed by atoms with van der Waals surface area (Å²) in [4.78, 5) is 42.2. The summed E-state index contributed by atoms with van der Waals surface area (Å²) in [5, 5.41) is 2.73. The first-order valence-corrected chi connectivity index (χ1v) is 8.35. The van der Waals surface area contributed by atoms with Gasteiger partial charge in [0.15, 0.2) is 5.76 Å². The van der Waals surface area contributed by atoms with Gasteiger partial charge >= 0.3 is 0 Å². The van der Waals surface area contributed by atoms with Crippen molar-refractivity contribution in [2.45, 2.75) is 6.54 Å². The smallest absolute Gasteiger partial charge is 0.262 e. The molecule has 7 nitrogen and oxygen atoms in total. The fourth-order valence-corrected chi connectivity index (χ4v) is 2.99. The molecule has 0 aliphatic carbocycles. The Bertz CT molecular complexity index is 992. The van der Waals surface area contributed by atoms with E-state index >= 15 is 0 Å². The zero-order valence-corrected chi connectivity index (χ0v) is 14.2. The maximum atomic E-state index is 12.3. The third-order valence-corrected chi connectivity index (χ3v) is 4.30. The van der Waals surface area contributed by atoms with E-state index in [4.69, 9.17) is 4.42 Å². The highest BCUT2D eigenvalue weighted by atomic mass is 16.3. The van der Waals surface area contributed by atoms with E-state index in [1.54, 1.807) is 54.9 Å². The molecule has 3 aromatic rings. The molecule has 0 fully saturated rings. The van der Waals surface area contributed by atoms with Gasteiger partial charge in [-0.15, -0.1) is 0 Å². The van der Waals surface area contributed by atoms with Crippen LogP contribution in [0.3, 0.4) is 0 Å². The Kier molecular flexibility index (Phi) is 4.25. The fourth-order valence-electron chi connectivity index (χ4n) is 2.99. The van der Waals surface area contributed by atoms with E-state index in [9.17, 15) is 14.4 Å². The predicted molar refractivity (Wildman–Crippen MR) is 95.6 cm³/mol. The molecular weight excluding hydrogens is 346 g/mol. The molecule has 0 saturated carbocycles. The number of pyridine rings is 1. The van der Waals surface area contributed by atoms with Gasteiger partial charge in [0.05, 0.1) is 17.4 Å². The number of carbonyl (C=O) groups excluding carboxylic acids is 3. The zero-order chi connectivity index (χ0) is 18.8. The summed E-state index contributed by atoms with van der Waals surface area (Å²) in [6.45, 7) is -0.130. The number of furan rings is 1. The lowest BCUT2D eigenvalue weighted by Gasteiger charge is -2.14. The number of carbonyl (C=O) groups is 3. The third kappa shape index (κ3) is 3.10. The van der Waals surface area contributed by atoms with Gasteiger partial charge in [0.2, 0.25) is 5.91 Å². The number of fused-ring (bicyclic) bond motifs is 1. The van der Waals surface area contributed by atoms with Gasteiger partial charge in [-0.25, -0.2) is 0 Å². The van der Waals surface area contributed by atoms with Gasteiger partial charge in [-0.2, -0.15) is 0 Å². The molecule has 134 valence electrons. The van der Waals surface area contributed by atoms with Crippen LogP contribution in [0, 0.1) is 0 Å². The number of nitrogens with zero attached hydrogens (tertiary/aromatic N) is 2. The summed E-state index contributed by atoms with van der Waals surface area (Å²) in [6.07, 6.45) is 3.19. The Morgan fingerprint density at radius 2 is 1.74 bits per heavy atom. The van der Waals surface area contributed by atoms with E-state index in [-0.39, 0.29) is 13.1 Å². The number of nitrogens with one attached hydrogen (secondary N) is 1. The van der Waals surface area contributed by atoms with Crippen LogP contribution in [0.2, 0.25) is 0 Å². The Morgan fingerprint density at radius 1 is 1.00 bits per heavy atom. The topological polar surface area (TPSA) is 92.5 Å². The third-order valence-electron chi connectivity index (χ3n) is 4.30. The maximum absolute atomic E-state index is 12.3. The first kappa shape index (κ1) is 16.7. The van der Waals surface area contributed by atoms with Crippen LogP contribution in [0.4, 0.5) is 0 Å². The average molecular weight is 361 g/mol. The molecule has 0 unspecified atom stereocenters. The molecule has 1 N–H and O–H groups in total. The number of amides is 3. The molecule has 0 bridgehead atoms. The van der Waals surface area contributed by atoms with Crippen LogP contribution in [-0.4, -0.2) is 34.2 Å². The Hall–Kier alpha value is -3.74. The molecule has 0 atom stereocenters. The predicted octanol–water partition coefficient (Wildman–Crippen LogP) is 2.25. The summed E-state index contributed by atoms with van der Waals surface area (Å²) >= 11 is 0. The van der Waals surface area contributed by atoms with Crippen LogP contribution >= 0.6 is 0 Å². The molecule has 1 aromatic carbocycles. The van der Waals surface area contributed by atoms with Gasteiger partial charge in [0.1, 0.15) is 12.2 Å². The minimum absolute atomic E-state index is 0.200. The Balaban J connectivity index is 1.43. The van der Waals surface area contributed by atoms with Crippen LogP contribution in [0.1, 0.15) is 26.3 Å². The molecule has 7 heteroatoms. The normalized spacial score (nSPS) is 13.0. The van der Waals surface area contributed by atoms with Crippen molar-refractivity contribution >= 4 is 17.7 Å². The highest BCUT2D eigenvalue weighted by molar-refractivity contribution is 6.22. The molecule has 1 aliphatic rings. The van der Waals surface area contributed by atoms with Crippen molar-refractivity contribution in [3.05, 3.63) is 77.7 Å². The highest BCUT2D eigenvalue weighted by Crippen LogP contribution is 2.23. The molecule has 27 heavy (non-hydrogen) atoms. The largest absolute Gasteiger partial charge is 0.463 e.